The number of methoxy groups -OCH3 is 2. The molecule has 18 heavy (non-hydrogen) atoms. The van der Waals surface area contributed by atoms with Gasteiger partial charge in [0, 0.05) is 20.0 Å². The molecule has 0 saturated heterocycles. The van der Waals surface area contributed by atoms with Gasteiger partial charge in [-0.25, -0.2) is 0 Å². The molecule has 0 heterocycles. The number of benzene rings is 1. The van der Waals surface area contributed by atoms with Gasteiger partial charge < -0.3 is 14.6 Å². The van der Waals surface area contributed by atoms with Crippen LogP contribution in [0.4, 0.5) is 0 Å². The number of thioether (sulfide) groups is 1. The lowest BCUT2D eigenvalue weighted by Crippen LogP contribution is -2.24. The van der Waals surface area contributed by atoms with Crippen molar-refractivity contribution in [2.24, 2.45) is 0 Å². The molecule has 0 aliphatic carbocycles. The molecular formula is C13H18O4S. The van der Waals surface area contributed by atoms with Crippen LogP contribution in [0.5, 0.6) is 0 Å². The van der Waals surface area contributed by atoms with Crippen molar-refractivity contribution in [2.45, 2.75) is 18.0 Å². The lowest BCUT2D eigenvalue weighted by Gasteiger charge is -2.16. The summed E-state index contributed by atoms with van der Waals surface area (Å²) in [6.07, 6.45) is 0.133. The van der Waals surface area contributed by atoms with Crippen molar-refractivity contribution in [1.82, 2.24) is 0 Å². The van der Waals surface area contributed by atoms with E-state index in [-0.39, 0.29) is 6.29 Å². The standard InChI is InChI=1S/C13H18O4S/c1-16-12(17-2)9-18-11(13(14)15)8-10-6-4-3-5-7-10/h3-7,11-12H,8-9H2,1-2H3,(H,14,15). The first-order valence-electron chi connectivity index (χ1n) is 5.61. The molecule has 0 bridgehead atoms. The van der Waals surface area contributed by atoms with Gasteiger partial charge in [-0.05, 0) is 12.0 Å². The Morgan fingerprint density at radius 1 is 1.28 bits per heavy atom. The first kappa shape index (κ1) is 15.0. The fourth-order valence-corrected chi connectivity index (χ4v) is 2.59. The topological polar surface area (TPSA) is 55.8 Å². The molecule has 1 aromatic rings. The van der Waals surface area contributed by atoms with Gasteiger partial charge in [-0.2, -0.15) is 0 Å². The van der Waals surface area contributed by atoms with Crippen LogP contribution in [0, 0.1) is 0 Å². The summed E-state index contributed by atoms with van der Waals surface area (Å²) < 4.78 is 10.1. The highest BCUT2D eigenvalue weighted by molar-refractivity contribution is 8.00. The molecule has 5 heteroatoms. The number of hydrogen-bond donors (Lipinski definition) is 1. The van der Waals surface area contributed by atoms with E-state index in [4.69, 9.17) is 9.47 Å². The van der Waals surface area contributed by atoms with E-state index in [9.17, 15) is 9.90 Å². The van der Waals surface area contributed by atoms with Crippen molar-refractivity contribution in [2.75, 3.05) is 20.0 Å². The first-order valence-corrected chi connectivity index (χ1v) is 6.66. The smallest absolute Gasteiger partial charge is 0.316 e. The third-order valence-corrected chi connectivity index (χ3v) is 3.73. The van der Waals surface area contributed by atoms with E-state index in [1.54, 1.807) is 14.2 Å². The molecule has 0 aliphatic heterocycles. The predicted octanol–water partition coefficient (Wildman–Crippen LogP) is 2.03. The highest BCUT2D eigenvalue weighted by Crippen LogP contribution is 2.19. The summed E-state index contributed by atoms with van der Waals surface area (Å²) in [5, 5.41) is 8.70. The van der Waals surface area contributed by atoms with Gasteiger partial charge in [0.1, 0.15) is 5.25 Å². The van der Waals surface area contributed by atoms with Crippen LogP contribution < -0.4 is 0 Å². The van der Waals surface area contributed by atoms with E-state index < -0.39 is 11.2 Å². The number of hydrogen-bond acceptors (Lipinski definition) is 4. The van der Waals surface area contributed by atoms with Crippen LogP contribution in [-0.2, 0) is 20.7 Å². The van der Waals surface area contributed by atoms with E-state index in [2.05, 4.69) is 0 Å². The summed E-state index contributed by atoms with van der Waals surface area (Å²) >= 11 is 1.33. The Morgan fingerprint density at radius 3 is 2.39 bits per heavy atom. The lowest BCUT2D eigenvalue weighted by molar-refractivity contribution is -0.136. The largest absolute Gasteiger partial charge is 0.480 e. The number of carboxylic acid groups (broad SMARTS) is 1. The maximum Gasteiger partial charge on any atom is 0.316 e. The molecule has 0 spiro atoms. The van der Waals surface area contributed by atoms with Crippen LogP contribution in [0.1, 0.15) is 5.56 Å². The monoisotopic (exact) mass is 270 g/mol. The highest BCUT2D eigenvalue weighted by atomic mass is 32.2. The second-order valence-electron chi connectivity index (χ2n) is 3.75. The van der Waals surface area contributed by atoms with Gasteiger partial charge in [-0.15, -0.1) is 11.8 Å². The molecule has 0 fully saturated rings. The van der Waals surface area contributed by atoms with Crippen molar-refractivity contribution < 1.29 is 19.4 Å². The zero-order chi connectivity index (χ0) is 13.4. The normalized spacial score (nSPS) is 12.6. The average molecular weight is 270 g/mol. The zero-order valence-corrected chi connectivity index (χ0v) is 11.4. The lowest BCUT2D eigenvalue weighted by atomic mass is 10.1. The Balaban J connectivity index is 2.53. The van der Waals surface area contributed by atoms with Gasteiger partial charge in [0.25, 0.3) is 0 Å². The summed E-state index contributed by atoms with van der Waals surface area (Å²) in [4.78, 5) is 11.2. The van der Waals surface area contributed by atoms with E-state index >= 15 is 0 Å². The van der Waals surface area contributed by atoms with E-state index in [0.717, 1.165) is 5.56 Å². The fourth-order valence-electron chi connectivity index (χ4n) is 1.47. The molecule has 1 N–H and O–H groups in total. The van der Waals surface area contributed by atoms with Crippen molar-refractivity contribution in [3.05, 3.63) is 35.9 Å². The average Bonchev–Trinajstić information content (AvgIpc) is 2.39. The molecule has 0 amide bonds. The molecule has 1 aromatic carbocycles. The maximum absolute atomic E-state index is 11.2. The molecule has 4 nitrogen and oxygen atoms in total. The maximum atomic E-state index is 11.2. The molecule has 0 radical (unpaired) electrons. The van der Waals surface area contributed by atoms with Gasteiger partial charge in [-0.3, -0.25) is 4.79 Å². The quantitative estimate of drug-likeness (QED) is 0.733. The van der Waals surface area contributed by atoms with Crippen LogP contribution in [-0.4, -0.2) is 42.6 Å². The van der Waals surface area contributed by atoms with Crippen molar-refractivity contribution in [1.29, 1.82) is 0 Å². The van der Waals surface area contributed by atoms with Gasteiger partial charge >= 0.3 is 5.97 Å². The van der Waals surface area contributed by atoms with Crippen molar-refractivity contribution in [3.63, 3.8) is 0 Å². The summed E-state index contributed by atoms with van der Waals surface area (Å²) in [5.74, 6) is -0.314. The molecule has 1 rings (SSSR count). The summed E-state index contributed by atoms with van der Waals surface area (Å²) in [6, 6.07) is 9.59. The van der Waals surface area contributed by atoms with Gasteiger partial charge in [-0.1, -0.05) is 30.3 Å². The van der Waals surface area contributed by atoms with Crippen LogP contribution in [0.25, 0.3) is 0 Å². The summed E-state index contributed by atoms with van der Waals surface area (Å²) in [6.45, 7) is 0. The van der Waals surface area contributed by atoms with E-state index in [0.29, 0.717) is 12.2 Å². The highest BCUT2D eigenvalue weighted by Gasteiger charge is 2.20. The van der Waals surface area contributed by atoms with Crippen LogP contribution in [0.3, 0.4) is 0 Å². The number of carboxylic acids is 1. The predicted molar refractivity (Wildman–Crippen MR) is 71.8 cm³/mol. The van der Waals surface area contributed by atoms with E-state index in [1.807, 2.05) is 30.3 Å². The Kier molecular flexibility index (Phi) is 6.78. The van der Waals surface area contributed by atoms with Crippen molar-refractivity contribution in [3.8, 4) is 0 Å². The molecular weight excluding hydrogens is 252 g/mol. The molecule has 1 unspecified atom stereocenters. The van der Waals surface area contributed by atoms with Gasteiger partial charge in [0.2, 0.25) is 0 Å². The Labute approximate surface area is 111 Å². The third kappa shape index (κ3) is 5.08. The van der Waals surface area contributed by atoms with Crippen LogP contribution in [0.2, 0.25) is 0 Å². The minimum Gasteiger partial charge on any atom is -0.480 e. The second-order valence-corrected chi connectivity index (χ2v) is 4.99. The summed E-state index contributed by atoms with van der Waals surface area (Å²) in [7, 11) is 3.09. The number of ether oxygens (including phenoxy) is 2. The molecule has 0 saturated carbocycles. The fraction of sp³-hybridized carbons (Fsp3) is 0.462. The van der Waals surface area contributed by atoms with Gasteiger partial charge in [0.15, 0.2) is 6.29 Å². The molecule has 0 aliphatic rings. The van der Waals surface area contributed by atoms with E-state index in [1.165, 1.54) is 11.8 Å². The minimum atomic E-state index is -0.810. The Hall–Kier alpha value is -1.04. The SMILES string of the molecule is COC(CSC(Cc1ccccc1)C(=O)O)OC. The van der Waals surface area contributed by atoms with Crippen LogP contribution >= 0.6 is 11.8 Å². The van der Waals surface area contributed by atoms with Crippen molar-refractivity contribution >= 4 is 17.7 Å². The molecule has 1 atom stereocenters. The number of aliphatic carboxylic acids is 1. The Morgan fingerprint density at radius 2 is 1.89 bits per heavy atom. The minimum absolute atomic E-state index is 0.368. The second kappa shape index (κ2) is 8.13. The Bertz CT molecular complexity index is 351. The van der Waals surface area contributed by atoms with Crippen LogP contribution in [0.15, 0.2) is 30.3 Å². The molecule has 0 aromatic heterocycles. The third-order valence-electron chi connectivity index (χ3n) is 2.50. The zero-order valence-electron chi connectivity index (χ0n) is 10.5. The number of rotatable bonds is 8. The van der Waals surface area contributed by atoms with Gasteiger partial charge in [0.05, 0.1) is 0 Å². The summed E-state index contributed by atoms with van der Waals surface area (Å²) in [5.41, 5.74) is 1.02. The molecule has 100 valence electrons. The number of carbonyl (C=O) groups is 1. The first-order chi connectivity index (χ1) is 8.67.